The van der Waals surface area contributed by atoms with Crippen LogP contribution in [0.5, 0.6) is 5.75 Å². The molecule has 1 heterocycles. The molecule has 0 amide bonds. The minimum Gasteiger partial charge on any atom is -0.496 e. The SMILES string of the molecule is COc1ccccc1CCC1=N/C(=C/c2ccc(C)cc2)C(=O)O1. The Bertz CT molecular complexity index is 804. The van der Waals surface area contributed by atoms with Crippen LogP contribution in [0.3, 0.4) is 0 Å². The second-order valence-corrected chi connectivity index (χ2v) is 5.65. The Morgan fingerprint density at radius 1 is 1.08 bits per heavy atom. The lowest BCUT2D eigenvalue weighted by atomic mass is 10.1. The van der Waals surface area contributed by atoms with Gasteiger partial charge in [-0.1, -0.05) is 48.0 Å². The van der Waals surface area contributed by atoms with E-state index in [0.29, 0.717) is 24.4 Å². The summed E-state index contributed by atoms with van der Waals surface area (Å²) in [5, 5.41) is 0. The average molecular weight is 321 g/mol. The Hall–Kier alpha value is -2.88. The van der Waals surface area contributed by atoms with Gasteiger partial charge in [-0.15, -0.1) is 0 Å². The monoisotopic (exact) mass is 321 g/mol. The molecule has 4 heteroatoms. The molecule has 3 rings (SSSR count). The van der Waals surface area contributed by atoms with Crippen LogP contribution in [-0.4, -0.2) is 19.0 Å². The first-order chi connectivity index (χ1) is 11.7. The van der Waals surface area contributed by atoms with Gasteiger partial charge in [0, 0.05) is 6.42 Å². The Balaban J connectivity index is 1.71. The lowest BCUT2D eigenvalue weighted by molar-refractivity contribution is -0.130. The molecule has 0 aliphatic carbocycles. The number of aryl methyl sites for hydroxylation is 2. The van der Waals surface area contributed by atoms with Crippen LogP contribution in [0.15, 0.2) is 59.2 Å². The number of cyclic esters (lactones) is 1. The summed E-state index contributed by atoms with van der Waals surface area (Å²) in [4.78, 5) is 16.3. The van der Waals surface area contributed by atoms with E-state index in [0.717, 1.165) is 16.9 Å². The second-order valence-electron chi connectivity index (χ2n) is 5.65. The zero-order valence-corrected chi connectivity index (χ0v) is 13.8. The summed E-state index contributed by atoms with van der Waals surface area (Å²) in [5.41, 5.74) is 3.51. The Morgan fingerprint density at radius 3 is 2.58 bits per heavy atom. The van der Waals surface area contributed by atoms with Crippen LogP contribution in [0, 0.1) is 6.92 Å². The van der Waals surface area contributed by atoms with Gasteiger partial charge in [0.1, 0.15) is 5.75 Å². The van der Waals surface area contributed by atoms with Gasteiger partial charge in [-0.3, -0.25) is 0 Å². The first kappa shape index (κ1) is 16.0. The minimum absolute atomic E-state index is 0.342. The van der Waals surface area contributed by atoms with Crippen molar-refractivity contribution in [3.05, 3.63) is 70.9 Å². The molecule has 2 aromatic rings. The van der Waals surface area contributed by atoms with Crippen LogP contribution in [0.2, 0.25) is 0 Å². The fourth-order valence-corrected chi connectivity index (χ4v) is 2.53. The maximum atomic E-state index is 12.0. The third-order valence-electron chi connectivity index (χ3n) is 3.85. The molecule has 0 bridgehead atoms. The third kappa shape index (κ3) is 3.71. The number of hydrogen-bond acceptors (Lipinski definition) is 4. The van der Waals surface area contributed by atoms with Crippen molar-refractivity contribution < 1.29 is 14.3 Å². The average Bonchev–Trinajstić information content (AvgIpc) is 2.95. The molecule has 0 N–H and O–H groups in total. The van der Waals surface area contributed by atoms with E-state index in [-0.39, 0.29) is 0 Å². The molecular weight excluding hydrogens is 302 g/mol. The summed E-state index contributed by atoms with van der Waals surface area (Å²) >= 11 is 0. The summed E-state index contributed by atoms with van der Waals surface area (Å²) in [6.45, 7) is 2.02. The summed E-state index contributed by atoms with van der Waals surface area (Å²) in [7, 11) is 1.65. The highest BCUT2D eigenvalue weighted by Crippen LogP contribution is 2.22. The van der Waals surface area contributed by atoms with Crippen molar-refractivity contribution in [2.45, 2.75) is 19.8 Å². The largest absolute Gasteiger partial charge is 0.496 e. The lowest BCUT2D eigenvalue weighted by Gasteiger charge is -2.07. The van der Waals surface area contributed by atoms with Crippen LogP contribution in [0.25, 0.3) is 6.08 Å². The van der Waals surface area contributed by atoms with Crippen LogP contribution >= 0.6 is 0 Å². The van der Waals surface area contributed by atoms with Gasteiger partial charge in [-0.05, 0) is 36.6 Å². The van der Waals surface area contributed by atoms with Gasteiger partial charge >= 0.3 is 5.97 Å². The number of benzene rings is 2. The Morgan fingerprint density at radius 2 is 1.83 bits per heavy atom. The topological polar surface area (TPSA) is 47.9 Å². The fraction of sp³-hybridized carbons (Fsp3) is 0.200. The smallest absolute Gasteiger partial charge is 0.363 e. The van der Waals surface area contributed by atoms with E-state index in [4.69, 9.17) is 9.47 Å². The molecule has 0 fully saturated rings. The van der Waals surface area contributed by atoms with Gasteiger partial charge < -0.3 is 9.47 Å². The molecule has 0 atom stereocenters. The van der Waals surface area contributed by atoms with Gasteiger partial charge in [0.2, 0.25) is 0 Å². The van der Waals surface area contributed by atoms with Crippen molar-refractivity contribution in [1.82, 2.24) is 0 Å². The summed E-state index contributed by atoms with van der Waals surface area (Å²) in [6, 6.07) is 15.7. The molecule has 122 valence electrons. The predicted octanol–water partition coefficient (Wildman–Crippen LogP) is 3.93. The zero-order chi connectivity index (χ0) is 16.9. The van der Waals surface area contributed by atoms with Crippen molar-refractivity contribution >= 4 is 17.9 Å². The van der Waals surface area contributed by atoms with Crippen molar-refractivity contribution in [3.8, 4) is 5.75 Å². The number of nitrogens with zero attached hydrogens (tertiary/aromatic N) is 1. The zero-order valence-electron chi connectivity index (χ0n) is 13.8. The molecule has 0 spiro atoms. The number of rotatable bonds is 5. The highest BCUT2D eigenvalue weighted by atomic mass is 16.6. The highest BCUT2D eigenvalue weighted by molar-refractivity contribution is 6.07. The summed E-state index contributed by atoms with van der Waals surface area (Å²) < 4.78 is 10.6. The van der Waals surface area contributed by atoms with Crippen LogP contribution in [0.1, 0.15) is 23.1 Å². The van der Waals surface area contributed by atoms with Crippen LogP contribution < -0.4 is 4.74 Å². The lowest BCUT2D eigenvalue weighted by Crippen LogP contribution is -2.05. The molecule has 24 heavy (non-hydrogen) atoms. The van der Waals surface area contributed by atoms with E-state index in [9.17, 15) is 4.79 Å². The first-order valence-corrected chi connectivity index (χ1v) is 7.86. The quantitative estimate of drug-likeness (QED) is 0.619. The number of para-hydroxylation sites is 1. The molecule has 0 saturated heterocycles. The molecule has 2 aromatic carbocycles. The Kier molecular flexibility index (Phi) is 4.75. The van der Waals surface area contributed by atoms with Crippen LogP contribution in [0.4, 0.5) is 0 Å². The number of carbonyl (C=O) groups is 1. The number of methoxy groups -OCH3 is 1. The van der Waals surface area contributed by atoms with E-state index in [1.165, 1.54) is 5.56 Å². The highest BCUT2D eigenvalue weighted by Gasteiger charge is 2.22. The summed E-state index contributed by atoms with van der Waals surface area (Å²) in [6.07, 6.45) is 3.00. The van der Waals surface area contributed by atoms with Crippen molar-refractivity contribution in [3.63, 3.8) is 0 Å². The normalized spacial score (nSPS) is 15.3. The second kappa shape index (κ2) is 7.13. The van der Waals surface area contributed by atoms with Gasteiger partial charge in [0.25, 0.3) is 0 Å². The van der Waals surface area contributed by atoms with E-state index in [1.54, 1.807) is 13.2 Å². The first-order valence-electron chi connectivity index (χ1n) is 7.86. The maximum absolute atomic E-state index is 12.0. The van der Waals surface area contributed by atoms with Gasteiger partial charge in [0.15, 0.2) is 11.6 Å². The van der Waals surface area contributed by atoms with E-state index in [2.05, 4.69) is 4.99 Å². The van der Waals surface area contributed by atoms with Crippen molar-refractivity contribution in [2.24, 2.45) is 4.99 Å². The van der Waals surface area contributed by atoms with Crippen molar-refractivity contribution in [1.29, 1.82) is 0 Å². The number of aliphatic imine (C=N–C) groups is 1. The van der Waals surface area contributed by atoms with E-state index >= 15 is 0 Å². The molecule has 4 nitrogen and oxygen atoms in total. The van der Waals surface area contributed by atoms with Gasteiger partial charge in [-0.2, -0.15) is 0 Å². The maximum Gasteiger partial charge on any atom is 0.363 e. The van der Waals surface area contributed by atoms with Gasteiger partial charge in [-0.25, -0.2) is 9.79 Å². The third-order valence-corrected chi connectivity index (χ3v) is 3.85. The van der Waals surface area contributed by atoms with E-state index in [1.807, 2.05) is 55.5 Å². The standard InChI is InChI=1S/C20H19NO3/c1-14-7-9-15(10-8-14)13-17-20(22)24-19(21-17)12-11-16-5-3-4-6-18(16)23-2/h3-10,13H,11-12H2,1-2H3/b17-13+. The molecule has 0 aromatic heterocycles. The molecule has 1 aliphatic rings. The minimum atomic E-state index is -0.398. The van der Waals surface area contributed by atoms with Gasteiger partial charge in [0.05, 0.1) is 7.11 Å². The number of esters is 1. The number of carbonyl (C=O) groups excluding carboxylic acids is 1. The molecule has 0 radical (unpaired) electrons. The predicted molar refractivity (Wildman–Crippen MR) is 94.0 cm³/mol. The molecule has 0 unspecified atom stereocenters. The molecular formula is C20H19NO3. The fourth-order valence-electron chi connectivity index (χ4n) is 2.53. The number of hydrogen-bond donors (Lipinski definition) is 0. The Labute approximate surface area is 141 Å². The summed E-state index contributed by atoms with van der Waals surface area (Å²) in [5.74, 6) is 0.882. The number of ether oxygens (including phenoxy) is 2. The molecule has 1 aliphatic heterocycles. The van der Waals surface area contributed by atoms with Crippen LogP contribution in [-0.2, 0) is 16.0 Å². The van der Waals surface area contributed by atoms with Crippen molar-refractivity contribution in [2.75, 3.05) is 7.11 Å². The van der Waals surface area contributed by atoms with E-state index < -0.39 is 5.97 Å². The molecule has 0 saturated carbocycles.